The van der Waals surface area contributed by atoms with Crippen LogP contribution in [0.3, 0.4) is 0 Å². The first-order valence-electron chi connectivity index (χ1n) is 9.21. The minimum atomic E-state index is -0.779. The molecular weight excluding hydrogens is 380 g/mol. The van der Waals surface area contributed by atoms with Crippen molar-refractivity contribution >= 4 is 5.91 Å². The fourth-order valence-electron chi connectivity index (χ4n) is 2.62. The number of carbonyl (C=O) groups excluding carboxylic acids is 1. The summed E-state index contributed by atoms with van der Waals surface area (Å²) in [6, 6.07) is 12.3. The second kappa shape index (κ2) is 9.72. The molecule has 3 rings (SSSR count). The molecule has 1 amide bonds. The lowest BCUT2D eigenvalue weighted by molar-refractivity contribution is -0.122. The number of tetrazole rings is 1. The van der Waals surface area contributed by atoms with Gasteiger partial charge in [-0.15, -0.1) is 10.2 Å². The topological polar surface area (TPSA) is 81.9 Å². The maximum atomic E-state index is 13.5. The van der Waals surface area contributed by atoms with E-state index in [0.29, 0.717) is 18.8 Å². The quantitative estimate of drug-likeness (QED) is 0.596. The first-order valence-corrected chi connectivity index (χ1v) is 9.21. The van der Waals surface area contributed by atoms with Crippen molar-refractivity contribution in [2.24, 2.45) is 0 Å². The van der Waals surface area contributed by atoms with Crippen LogP contribution >= 0.6 is 0 Å². The molecule has 0 bridgehead atoms. The van der Waals surface area contributed by atoms with Crippen LogP contribution in [-0.2, 0) is 11.3 Å². The standard InChI is InChI=1S/C20H21F2N5O2/c1-14(13-29-18-10-9-16(21)12-17(18)22)23-19(28)8-5-11-27-25-20(24-26-27)15-6-3-2-4-7-15/h2-4,6-7,9-10,12,14H,5,8,11,13H2,1H3,(H,23,28). The van der Waals surface area contributed by atoms with Gasteiger partial charge in [0.15, 0.2) is 11.6 Å². The van der Waals surface area contributed by atoms with Crippen LogP contribution in [0.2, 0.25) is 0 Å². The molecule has 3 aromatic rings. The highest BCUT2D eigenvalue weighted by molar-refractivity contribution is 5.76. The van der Waals surface area contributed by atoms with E-state index in [0.717, 1.165) is 17.7 Å². The number of nitrogens with one attached hydrogen (secondary N) is 1. The number of ether oxygens (including phenoxy) is 1. The predicted molar refractivity (Wildman–Crippen MR) is 102 cm³/mol. The largest absolute Gasteiger partial charge is 0.488 e. The van der Waals surface area contributed by atoms with Crippen molar-refractivity contribution in [3.8, 4) is 17.1 Å². The molecule has 7 nitrogen and oxygen atoms in total. The lowest BCUT2D eigenvalue weighted by atomic mass is 10.2. The molecule has 0 aliphatic heterocycles. The van der Waals surface area contributed by atoms with Gasteiger partial charge in [-0.1, -0.05) is 30.3 Å². The molecule has 2 aromatic carbocycles. The Morgan fingerprint density at radius 1 is 1.21 bits per heavy atom. The van der Waals surface area contributed by atoms with Gasteiger partial charge in [0.1, 0.15) is 12.4 Å². The molecule has 0 aliphatic carbocycles. The number of aromatic nitrogens is 4. The van der Waals surface area contributed by atoms with Gasteiger partial charge in [-0.05, 0) is 30.7 Å². The third-order valence-corrected chi connectivity index (χ3v) is 4.04. The summed E-state index contributed by atoms with van der Waals surface area (Å²) in [4.78, 5) is 13.5. The number of benzene rings is 2. The molecule has 0 fully saturated rings. The number of hydrogen-bond acceptors (Lipinski definition) is 5. The van der Waals surface area contributed by atoms with Gasteiger partial charge in [-0.3, -0.25) is 4.79 Å². The van der Waals surface area contributed by atoms with Gasteiger partial charge < -0.3 is 10.1 Å². The summed E-state index contributed by atoms with van der Waals surface area (Å²) in [6.07, 6.45) is 0.814. The number of nitrogens with zero attached hydrogens (tertiary/aromatic N) is 4. The molecule has 0 radical (unpaired) electrons. The summed E-state index contributed by atoms with van der Waals surface area (Å²) in [5.74, 6) is -1.13. The Kier molecular flexibility index (Phi) is 6.83. The Labute approximate surface area is 166 Å². The van der Waals surface area contributed by atoms with Crippen LogP contribution in [0, 0.1) is 11.6 Å². The summed E-state index contributed by atoms with van der Waals surface area (Å²) < 4.78 is 31.7. The summed E-state index contributed by atoms with van der Waals surface area (Å²) in [6.45, 7) is 2.27. The van der Waals surface area contributed by atoms with Gasteiger partial charge in [-0.25, -0.2) is 8.78 Å². The third-order valence-electron chi connectivity index (χ3n) is 4.04. The Morgan fingerprint density at radius 2 is 2.00 bits per heavy atom. The molecule has 9 heteroatoms. The van der Waals surface area contributed by atoms with E-state index in [1.807, 2.05) is 30.3 Å². The maximum absolute atomic E-state index is 13.5. The van der Waals surface area contributed by atoms with Crippen molar-refractivity contribution in [2.45, 2.75) is 32.4 Å². The molecule has 1 N–H and O–H groups in total. The van der Waals surface area contributed by atoms with Gasteiger partial charge in [0.25, 0.3) is 0 Å². The lowest BCUT2D eigenvalue weighted by Crippen LogP contribution is -2.36. The molecule has 1 atom stereocenters. The van der Waals surface area contributed by atoms with E-state index in [2.05, 4.69) is 20.7 Å². The zero-order chi connectivity index (χ0) is 20.6. The average molecular weight is 401 g/mol. The Hall–Kier alpha value is -3.36. The van der Waals surface area contributed by atoms with Gasteiger partial charge >= 0.3 is 0 Å². The Morgan fingerprint density at radius 3 is 2.76 bits per heavy atom. The van der Waals surface area contributed by atoms with E-state index in [9.17, 15) is 13.6 Å². The molecule has 1 heterocycles. The van der Waals surface area contributed by atoms with Crippen LogP contribution in [0.25, 0.3) is 11.4 Å². The SMILES string of the molecule is CC(COc1ccc(F)cc1F)NC(=O)CCCn1nnc(-c2ccccc2)n1. The first-order chi connectivity index (χ1) is 14.0. The fourth-order valence-corrected chi connectivity index (χ4v) is 2.62. The fraction of sp³-hybridized carbons (Fsp3) is 0.300. The highest BCUT2D eigenvalue weighted by Gasteiger charge is 2.11. The molecular formula is C20H21F2N5O2. The number of rotatable bonds is 9. The number of hydrogen-bond donors (Lipinski definition) is 1. The van der Waals surface area contributed by atoms with E-state index in [-0.39, 0.29) is 30.7 Å². The molecule has 29 heavy (non-hydrogen) atoms. The first kappa shape index (κ1) is 20.4. The minimum absolute atomic E-state index is 0.0565. The summed E-state index contributed by atoms with van der Waals surface area (Å²) in [7, 11) is 0. The number of halogens is 2. The van der Waals surface area contributed by atoms with E-state index >= 15 is 0 Å². The van der Waals surface area contributed by atoms with Crippen molar-refractivity contribution in [1.29, 1.82) is 0 Å². The molecule has 0 saturated heterocycles. The Balaban J connectivity index is 1.38. The number of amides is 1. The van der Waals surface area contributed by atoms with E-state index in [1.54, 1.807) is 6.92 Å². The smallest absolute Gasteiger partial charge is 0.220 e. The molecule has 1 aromatic heterocycles. The van der Waals surface area contributed by atoms with Crippen LogP contribution in [0.1, 0.15) is 19.8 Å². The van der Waals surface area contributed by atoms with Crippen molar-refractivity contribution in [1.82, 2.24) is 25.5 Å². The summed E-state index contributed by atoms with van der Waals surface area (Å²) in [5, 5.41) is 15.1. The maximum Gasteiger partial charge on any atom is 0.220 e. The molecule has 0 spiro atoms. The Bertz CT molecular complexity index is 949. The second-order valence-corrected chi connectivity index (χ2v) is 6.53. The summed E-state index contributed by atoms with van der Waals surface area (Å²) in [5.41, 5.74) is 0.878. The van der Waals surface area contributed by atoms with Gasteiger partial charge in [0.05, 0.1) is 12.6 Å². The average Bonchev–Trinajstić information content (AvgIpc) is 3.17. The van der Waals surface area contributed by atoms with Crippen LogP contribution in [0.5, 0.6) is 5.75 Å². The van der Waals surface area contributed by atoms with Gasteiger partial charge in [-0.2, -0.15) is 4.80 Å². The monoisotopic (exact) mass is 401 g/mol. The van der Waals surface area contributed by atoms with Crippen molar-refractivity contribution in [3.63, 3.8) is 0 Å². The highest BCUT2D eigenvalue weighted by Crippen LogP contribution is 2.17. The van der Waals surface area contributed by atoms with Crippen LogP contribution in [-0.4, -0.2) is 38.8 Å². The van der Waals surface area contributed by atoms with Crippen LogP contribution < -0.4 is 10.1 Å². The summed E-state index contributed by atoms with van der Waals surface area (Å²) >= 11 is 0. The van der Waals surface area contributed by atoms with E-state index < -0.39 is 11.6 Å². The van der Waals surface area contributed by atoms with Crippen molar-refractivity contribution in [3.05, 3.63) is 60.2 Å². The van der Waals surface area contributed by atoms with E-state index in [1.165, 1.54) is 10.9 Å². The zero-order valence-electron chi connectivity index (χ0n) is 15.9. The predicted octanol–water partition coefficient (Wildman–Crippen LogP) is 2.98. The van der Waals surface area contributed by atoms with Crippen molar-refractivity contribution in [2.75, 3.05) is 6.61 Å². The molecule has 1 unspecified atom stereocenters. The van der Waals surface area contributed by atoms with E-state index in [4.69, 9.17) is 4.74 Å². The third kappa shape index (κ3) is 6.06. The van der Waals surface area contributed by atoms with Crippen LogP contribution in [0.15, 0.2) is 48.5 Å². The minimum Gasteiger partial charge on any atom is -0.488 e. The van der Waals surface area contributed by atoms with Crippen molar-refractivity contribution < 1.29 is 18.3 Å². The van der Waals surface area contributed by atoms with Gasteiger partial charge in [0.2, 0.25) is 11.7 Å². The molecule has 152 valence electrons. The second-order valence-electron chi connectivity index (χ2n) is 6.53. The normalized spacial score (nSPS) is 11.8. The zero-order valence-corrected chi connectivity index (χ0v) is 15.9. The lowest BCUT2D eigenvalue weighted by Gasteiger charge is -2.15. The molecule has 0 saturated carbocycles. The molecule has 0 aliphatic rings. The van der Waals surface area contributed by atoms with Gasteiger partial charge in [0, 0.05) is 18.1 Å². The number of aryl methyl sites for hydroxylation is 1. The highest BCUT2D eigenvalue weighted by atomic mass is 19.1. The van der Waals surface area contributed by atoms with Crippen LogP contribution in [0.4, 0.5) is 8.78 Å². The number of carbonyl (C=O) groups is 1.